The van der Waals surface area contributed by atoms with Gasteiger partial charge in [-0.2, -0.15) is 9.37 Å². The summed E-state index contributed by atoms with van der Waals surface area (Å²) in [6.07, 6.45) is 0.805. The van der Waals surface area contributed by atoms with Crippen molar-refractivity contribution in [2.24, 2.45) is 5.73 Å². The lowest BCUT2D eigenvalue weighted by atomic mass is 10.0. The van der Waals surface area contributed by atoms with Crippen LogP contribution in [0.15, 0.2) is 30.6 Å². The summed E-state index contributed by atoms with van der Waals surface area (Å²) in [5, 5.41) is 0.562. The van der Waals surface area contributed by atoms with Crippen molar-refractivity contribution in [1.82, 2.24) is 19.5 Å². The Labute approximate surface area is 132 Å². The summed E-state index contributed by atoms with van der Waals surface area (Å²) < 4.78 is 15.6. The summed E-state index contributed by atoms with van der Waals surface area (Å²) in [6.45, 7) is 3.94. The summed E-state index contributed by atoms with van der Waals surface area (Å²) in [6, 6.07) is 6.57. The topological polar surface area (TPSA) is 69.6 Å². The molecule has 0 saturated carbocycles. The Balaban J connectivity index is 2.18. The van der Waals surface area contributed by atoms with Gasteiger partial charge in [0.1, 0.15) is 5.52 Å². The maximum atomic E-state index is 13.8. The number of imidazole rings is 1. The highest BCUT2D eigenvalue weighted by molar-refractivity contribution is 6.30. The first-order valence-electron chi connectivity index (χ1n) is 6.88. The number of nitrogens with two attached hydrogens (primary N) is 1. The van der Waals surface area contributed by atoms with Crippen molar-refractivity contribution in [3.8, 4) is 0 Å². The van der Waals surface area contributed by atoms with Crippen molar-refractivity contribution in [3.05, 3.63) is 53.0 Å². The number of aromatic nitrogens is 4. The van der Waals surface area contributed by atoms with Crippen LogP contribution in [0.25, 0.3) is 11.2 Å². The van der Waals surface area contributed by atoms with E-state index in [0.717, 1.165) is 5.56 Å². The molecule has 0 spiro atoms. The van der Waals surface area contributed by atoms with E-state index in [2.05, 4.69) is 15.0 Å². The summed E-state index contributed by atoms with van der Waals surface area (Å²) in [7, 11) is 0. The molecule has 2 heterocycles. The van der Waals surface area contributed by atoms with E-state index < -0.39 is 12.1 Å². The number of nitrogens with zero attached hydrogens (tertiary/aromatic N) is 4. The second kappa shape index (κ2) is 5.62. The quantitative estimate of drug-likeness (QED) is 0.752. The zero-order valence-electron chi connectivity index (χ0n) is 12.2. The largest absolute Gasteiger partial charge is 0.319 e. The third kappa shape index (κ3) is 2.55. The van der Waals surface area contributed by atoms with Crippen LogP contribution < -0.4 is 5.73 Å². The zero-order chi connectivity index (χ0) is 15.9. The number of hydrogen-bond donors (Lipinski definition) is 1. The lowest BCUT2D eigenvalue weighted by Gasteiger charge is -2.13. The van der Waals surface area contributed by atoms with Crippen LogP contribution >= 0.6 is 11.6 Å². The minimum absolute atomic E-state index is 0.106. The van der Waals surface area contributed by atoms with Crippen LogP contribution in [0, 0.1) is 6.08 Å². The van der Waals surface area contributed by atoms with Crippen LogP contribution in [0.2, 0.25) is 5.02 Å². The predicted octanol–water partition coefficient (Wildman–Crippen LogP) is 3.25. The fourth-order valence-corrected chi connectivity index (χ4v) is 2.56. The van der Waals surface area contributed by atoms with Gasteiger partial charge in [-0.3, -0.25) is 0 Å². The molecule has 22 heavy (non-hydrogen) atoms. The summed E-state index contributed by atoms with van der Waals surface area (Å²) in [5.41, 5.74) is 8.28. The lowest BCUT2D eigenvalue weighted by Crippen LogP contribution is -2.16. The molecule has 2 N–H and O–H groups in total. The highest BCUT2D eigenvalue weighted by Gasteiger charge is 2.20. The Morgan fingerprint density at radius 3 is 2.73 bits per heavy atom. The molecule has 0 saturated heterocycles. The third-order valence-corrected chi connectivity index (χ3v) is 3.71. The molecule has 0 radical (unpaired) electrons. The molecule has 0 aliphatic heterocycles. The summed E-state index contributed by atoms with van der Waals surface area (Å²) in [5.74, 6) is 0. The Hall–Kier alpha value is -2.05. The molecule has 3 rings (SSSR count). The maximum absolute atomic E-state index is 13.8. The van der Waals surface area contributed by atoms with Gasteiger partial charge < -0.3 is 10.3 Å². The van der Waals surface area contributed by atoms with Crippen LogP contribution in [0.5, 0.6) is 0 Å². The Morgan fingerprint density at radius 1 is 1.27 bits per heavy atom. The molecule has 2 aromatic heterocycles. The molecular weight excluding hydrogens is 305 g/mol. The summed E-state index contributed by atoms with van der Waals surface area (Å²) >= 11 is 5.99. The van der Waals surface area contributed by atoms with Gasteiger partial charge >= 0.3 is 6.08 Å². The molecule has 0 fully saturated rings. The number of rotatable bonds is 3. The van der Waals surface area contributed by atoms with Gasteiger partial charge in [0.15, 0.2) is 5.65 Å². The third-order valence-electron chi connectivity index (χ3n) is 3.48. The predicted molar refractivity (Wildman–Crippen MR) is 83.1 cm³/mol. The second-order valence-corrected chi connectivity index (χ2v) is 5.76. The smallest absolute Gasteiger partial charge is 0.311 e. The van der Waals surface area contributed by atoms with E-state index in [1.54, 1.807) is 29.1 Å². The average Bonchev–Trinajstić information content (AvgIpc) is 2.89. The molecule has 0 bridgehead atoms. The fraction of sp³-hybridized carbons (Fsp3) is 0.267. The molecule has 0 aliphatic rings. The van der Waals surface area contributed by atoms with E-state index >= 15 is 0 Å². The van der Waals surface area contributed by atoms with Gasteiger partial charge in [-0.05, 0) is 31.5 Å². The molecule has 114 valence electrons. The Bertz CT molecular complexity index is 830. The molecule has 1 unspecified atom stereocenters. The number of halogens is 2. The van der Waals surface area contributed by atoms with E-state index in [-0.39, 0.29) is 6.04 Å². The summed E-state index contributed by atoms with van der Waals surface area (Å²) in [4.78, 5) is 12.0. The maximum Gasteiger partial charge on any atom is 0.311 e. The molecule has 5 nitrogen and oxygen atoms in total. The first-order chi connectivity index (χ1) is 10.5. The first-order valence-corrected chi connectivity index (χ1v) is 7.26. The first kappa shape index (κ1) is 14.9. The lowest BCUT2D eigenvalue weighted by molar-refractivity contribution is 0.528. The van der Waals surface area contributed by atoms with Crippen molar-refractivity contribution in [2.45, 2.75) is 25.9 Å². The van der Waals surface area contributed by atoms with E-state index in [1.807, 2.05) is 19.9 Å². The Kier molecular flexibility index (Phi) is 3.80. The van der Waals surface area contributed by atoms with Crippen molar-refractivity contribution >= 4 is 22.8 Å². The van der Waals surface area contributed by atoms with Gasteiger partial charge in [0.25, 0.3) is 0 Å². The second-order valence-electron chi connectivity index (χ2n) is 5.33. The van der Waals surface area contributed by atoms with Gasteiger partial charge in [0.05, 0.1) is 18.1 Å². The standard InChI is InChI=1S/C15H15ClFN5/c1-8(2)22-7-19-13-12(20-15(17)21-14(13)22)11(18)9-4-3-5-10(16)6-9/h3-8,11H,18H2,1-2H3. The normalized spacial score (nSPS) is 13.0. The van der Waals surface area contributed by atoms with Gasteiger partial charge in [0.2, 0.25) is 0 Å². The van der Waals surface area contributed by atoms with Gasteiger partial charge in [-0.15, -0.1) is 0 Å². The monoisotopic (exact) mass is 319 g/mol. The van der Waals surface area contributed by atoms with Gasteiger partial charge in [-0.1, -0.05) is 23.7 Å². The zero-order valence-corrected chi connectivity index (χ0v) is 12.9. The molecule has 1 atom stereocenters. The highest BCUT2D eigenvalue weighted by Crippen LogP contribution is 2.26. The molecule has 0 aliphatic carbocycles. The number of hydrogen-bond acceptors (Lipinski definition) is 4. The number of benzene rings is 1. The minimum Gasteiger partial charge on any atom is -0.319 e. The molecule has 7 heteroatoms. The van der Waals surface area contributed by atoms with Crippen LogP contribution in [-0.2, 0) is 0 Å². The molecular formula is C15H15ClFN5. The van der Waals surface area contributed by atoms with E-state index in [4.69, 9.17) is 17.3 Å². The average molecular weight is 320 g/mol. The van der Waals surface area contributed by atoms with E-state index in [1.165, 1.54) is 0 Å². The molecule has 0 amide bonds. The van der Waals surface area contributed by atoms with Crippen LogP contribution in [0.4, 0.5) is 4.39 Å². The van der Waals surface area contributed by atoms with Gasteiger partial charge in [-0.25, -0.2) is 9.97 Å². The SMILES string of the molecule is CC(C)n1cnc2c(C(N)c3cccc(Cl)c3)nc(F)nc21. The van der Waals surface area contributed by atoms with Crippen LogP contribution in [-0.4, -0.2) is 19.5 Å². The van der Waals surface area contributed by atoms with E-state index in [0.29, 0.717) is 21.9 Å². The van der Waals surface area contributed by atoms with Crippen LogP contribution in [0.3, 0.4) is 0 Å². The molecule has 3 aromatic rings. The number of fused-ring (bicyclic) bond motifs is 1. The van der Waals surface area contributed by atoms with Crippen LogP contribution in [0.1, 0.15) is 37.2 Å². The minimum atomic E-state index is -0.817. The van der Waals surface area contributed by atoms with Crippen molar-refractivity contribution in [2.75, 3.05) is 0 Å². The van der Waals surface area contributed by atoms with Crippen molar-refractivity contribution in [1.29, 1.82) is 0 Å². The van der Waals surface area contributed by atoms with Gasteiger partial charge in [0, 0.05) is 11.1 Å². The van der Waals surface area contributed by atoms with Crippen molar-refractivity contribution < 1.29 is 4.39 Å². The molecule has 1 aromatic carbocycles. The fourth-order valence-electron chi connectivity index (χ4n) is 2.36. The Morgan fingerprint density at radius 2 is 2.05 bits per heavy atom. The highest BCUT2D eigenvalue weighted by atomic mass is 35.5. The van der Waals surface area contributed by atoms with E-state index in [9.17, 15) is 4.39 Å². The van der Waals surface area contributed by atoms with Crippen molar-refractivity contribution in [3.63, 3.8) is 0 Å².